The Morgan fingerprint density at radius 3 is 2.56 bits per heavy atom. The number of para-hydroxylation sites is 1. The molecule has 176 valence electrons. The molecule has 1 saturated heterocycles. The van der Waals surface area contributed by atoms with Crippen molar-refractivity contribution in [3.63, 3.8) is 0 Å². The average molecular weight is 496 g/mol. The van der Waals surface area contributed by atoms with Gasteiger partial charge in [-0.1, -0.05) is 29.5 Å². The zero-order valence-electron chi connectivity index (χ0n) is 19.2. The van der Waals surface area contributed by atoms with Crippen LogP contribution in [0, 0.1) is 13.8 Å². The predicted octanol–water partition coefficient (Wildman–Crippen LogP) is 3.58. The summed E-state index contributed by atoms with van der Waals surface area (Å²) in [7, 11) is 0. The number of thiophene rings is 1. The number of aromatic amines is 1. The Bertz CT molecular complexity index is 1350. The molecule has 7 nitrogen and oxygen atoms in total. The van der Waals surface area contributed by atoms with Crippen molar-refractivity contribution in [1.82, 2.24) is 9.47 Å². The number of benzene rings is 1. The van der Waals surface area contributed by atoms with Gasteiger partial charge < -0.3 is 14.2 Å². The van der Waals surface area contributed by atoms with Crippen LogP contribution in [0.5, 0.6) is 0 Å². The molecule has 3 aromatic heterocycles. The molecule has 1 amide bonds. The summed E-state index contributed by atoms with van der Waals surface area (Å²) in [5, 5.41) is 1.38. The van der Waals surface area contributed by atoms with E-state index in [1.807, 2.05) is 49.1 Å². The number of hydrogen-bond donors (Lipinski definition) is 0. The second-order valence-electron chi connectivity index (χ2n) is 8.38. The summed E-state index contributed by atoms with van der Waals surface area (Å²) in [6.07, 6.45) is 1.61. The molecule has 1 aromatic carbocycles. The Kier molecular flexibility index (Phi) is 6.47. The van der Waals surface area contributed by atoms with Gasteiger partial charge in [-0.25, -0.2) is 9.78 Å². The minimum absolute atomic E-state index is 0.0570. The molecule has 1 fully saturated rings. The number of anilines is 1. The molecule has 1 aliphatic rings. The highest BCUT2D eigenvalue weighted by molar-refractivity contribution is 7.99. The van der Waals surface area contributed by atoms with Gasteiger partial charge >= 0.3 is 10.7 Å². The highest BCUT2D eigenvalue weighted by atomic mass is 32.2. The summed E-state index contributed by atoms with van der Waals surface area (Å²) < 4.78 is 7.19. The molecular formula is C25H27N4O3S2+. The lowest BCUT2D eigenvalue weighted by atomic mass is 10.2. The number of aryl methyl sites for hydroxylation is 2. The molecular weight excluding hydrogens is 468 g/mol. The number of thioether (sulfide) groups is 1. The third kappa shape index (κ3) is 4.50. The van der Waals surface area contributed by atoms with Crippen LogP contribution in [0.15, 0.2) is 63.1 Å². The number of nitrogens with zero attached hydrogens (tertiary/aromatic N) is 3. The van der Waals surface area contributed by atoms with Crippen molar-refractivity contribution in [3.8, 4) is 0 Å². The molecule has 0 unspecified atom stereocenters. The second-order valence-corrected chi connectivity index (χ2v) is 10.6. The lowest BCUT2D eigenvalue weighted by molar-refractivity contribution is -0.404. The van der Waals surface area contributed by atoms with Gasteiger partial charge in [-0.3, -0.25) is 4.79 Å². The highest BCUT2D eigenvalue weighted by Crippen LogP contribution is 2.26. The molecule has 1 N–H and O–H groups in total. The van der Waals surface area contributed by atoms with Crippen molar-refractivity contribution < 1.29 is 14.2 Å². The van der Waals surface area contributed by atoms with Crippen LogP contribution in [0.3, 0.4) is 0 Å². The summed E-state index contributed by atoms with van der Waals surface area (Å²) >= 11 is 2.96. The first-order valence-corrected chi connectivity index (χ1v) is 13.1. The number of aromatic nitrogens is 2. The highest BCUT2D eigenvalue weighted by Gasteiger charge is 2.26. The first kappa shape index (κ1) is 22.7. The van der Waals surface area contributed by atoms with E-state index in [-0.39, 0.29) is 17.2 Å². The van der Waals surface area contributed by atoms with E-state index in [1.54, 1.807) is 22.2 Å². The van der Waals surface area contributed by atoms with Crippen molar-refractivity contribution in [2.45, 2.75) is 25.5 Å². The standard InChI is InChI=1S/C25H26N4O3S2/c1-17-18(2)34-23-22(17)24(31)29(15-20-9-6-14-32-20)25(26-23)33-16-21(30)28-12-10-27(11-13-28)19-7-4-3-5-8-19/h3-9,14H,10-13,15-16H2,1-2H3/p+1. The number of hydrogen-bond acceptors (Lipinski definition) is 6. The third-order valence-electron chi connectivity index (χ3n) is 6.29. The van der Waals surface area contributed by atoms with Crippen molar-refractivity contribution >= 4 is 44.9 Å². The van der Waals surface area contributed by atoms with Gasteiger partial charge in [0.25, 0.3) is 0 Å². The number of carbonyl (C=O) groups excluding carboxylic acids is 1. The van der Waals surface area contributed by atoms with Gasteiger partial charge in [-0.15, -0.1) is 0 Å². The zero-order chi connectivity index (χ0) is 23.7. The average Bonchev–Trinajstić information content (AvgIpc) is 3.48. The molecule has 0 aliphatic carbocycles. The molecule has 0 bridgehead atoms. The largest absolute Gasteiger partial charge is 0.465 e. The molecule has 0 spiro atoms. The molecule has 5 rings (SSSR count). The minimum Gasteiger partial charge on any atom is -0.465 e. The lowest BCUT2D eigenvalue weighted by Crippen LogP contribution is -2.49. The van der Waals surface area contributed by atoms with Gasteiger partial charge in [0.05, 0.1) is 12.0 Å². The molecule has 0 saturated carbocycles. The number of nitrogens with one attached hydrogen (secondary N) is 1. The van der Waals surface area contributed by atoms with Crippen LogP contribution in [0.25, 0.3) is 10.2 Å². The summed E-state index contributed by atoms with van der Waals surface area (Å²) in [6, 6.07) is 14.0. The number of H-pyrrole nitrogens is 1. The van der Waals surface area contributed by atoms with Crippen LogP contribution in [0.2, 0.25) is 0 Å². The number of amides is 1. The first-order valence-electron chi connectivity index (χ1n) is 11.3. The van der Waals surface area contributed by atoms with Crippen LogP contribution >= 0.6 is 23.1 Å². The molecule has 1 aliphatic heterocycles. The third-order valence-corrected chi connectivity index (χ3v) is 8.40. The van der Waals surface area contributed by atoms with Gasteiger partial charge in [-0.05, 0) is 55.4 Å². The second kappa shape index (κ2) is 9.68. The van der Waals surface area contributed by atoms with Gasteiger partial charge in [0.1, 0.15) is 11.1 Å². The van der Waals surface area contributed by atoms with Crippen molar-refractivity contribution in [3.05, 3.63) is 75.3 Å². The quantitative estimate of drug-likeness (QED) is 0.302. The Morgan fingerprint density at radius 2 is 1.85 bits per heavy atom. The van der Waals surface area contributed by atoms with E-state index < -0.39 is 0 Å². The van der Waals surface area contributed by atoms with Crippen molar-refractivity contribution in [2.75, 3.05) is 36.8 Å². The van der Waals surface area contributed by atoms with Crippen molar-refractivity contribution in [2.24, 2.45) is 0 Å². The first-order chi connectivity index (χ1) is 16.5. The summed E-state index contributed by atoms with van der Waals surface area (Å²) in [6.45, 7) is 7.34. The Hall–Kier alpha value is -3.04. The fourth-order valence-corrected chi connectivity index (χ4v) is 6.29. The van der Waals surface area contributed by atoms with Crippen LogP contribution in [0.1, 0.15) is 16.2 Å². The summed E-state index contributed by atoms with van der Waals surface area (Å²) in [5.74, 6) is 1.06. The van der Waals surface area contributed by atoms with E-state index >= 15 is 0 Å². The van der Waals surface area contributed by atoms with Gasteiger partial charge in [0.2, 0.25) is 5.91 Å². The van der Waals surface area contributed by atoms with Crippen LogP contribution in [0.4, 0.5) is 5.69 Å². The van der Waals surface area contributed by atoms with Crippen molar-refractivity contribution in [1.29, 1.82) is 0 Å². The van der Waals surface area contributed by atoms with Crippen LogP contribution in [-0.4, -0.2) is 47.3 Å². The molecule has 9 heteroatoms. The number of rotatable bonds is 6. The fraction of sp³-hybridized carbons (Fsp3) is 0.320. The molecule has 4 aromatic rings. The van der Waals surface area contributed by atoms with Crippen LogP contribution in [-0.2, 0) is 11.3 Å². The Labute approximate surface area is 206 Å². The zero-order valence-corrected chi connectivity index (χ0v) is 20.9. The summed E-state index contributed by atoms with van der Waals surface area (Å²) in [4.78, 5) is 36.0. The maximum absolute atomic E-state index is 13.4. The Balaban J connectivity index is 1.32. The van der Waals surface area contributed by atoms with E-state index in [2.05, 4.69) is 22.0 Å². The van der Waals surface area contributed by atoms with Gasteiger partial charge in [-0.2, -0.15) is 4.57 Å². The summed E-state index contributed by atoms with van der Waals surface area (Å²) in [5.41, 5.74) is 2.13. The molecule has 4 heterocycles. The van der Waals surface area contributed by atoms with E-state index in [4.69, 9.17) is 4.42 Å². The van der Waals surface area contributed by atoms with E-state index in [1.165, 1.54) is 17.4 Å². The van der Waals surface area contributed by atoms with Gasteiger partial charge in [0.15, 0.2) is 11.4 Å². The number of fused-ring (bicyclic) bond motifs is 1. The van der Waals surface area contributed by atoms with E-state index in [9.17, 15) is 9.59 Å². The van der Waals surface area contributed by atoms with E-state index in [0.29, 0.717) is 35.9 Å². The lowest BCUT2D eigenvalue weighted by Gasteiger charge is -2.36. The monoisotopic (exact) mass is 495 g/mol. The maximum Gasteiger partial charge on any atom is 0.347 e. The molecule has 34 heavy (non-hydrogen) atoms. The molecule has 0 atom stereocenters. The smallest absolute Gasteiger partial charge is 0.347 e. The minimum atomic E-state index is -0.0570. The molecule has 0 radical (unpaired) electrons. The fourth-order valence-electron chi connectivity index (χ4n) is 4.25. The van der Waals surface area contributed by atoms with Gasteiger partial charge in [0, 0.05) is 36.7 Å². The van der Waals surface area contributed by atoms with Crippen LogP contribution < -0.4 is 15.4 Å². The normalized spacial score (nSPS) is 14.2. The predicted molar refractivity (Wildman–Crippen MR) is 136 cm³/mol. The number of piperazine rings is 1. The number of furan rings is 1. The maximum atomic E-state index is 13.4. The number of carbonyl (C=O) groups is 1. The SMILES string of the molecule is Cc1sc2[nH+]c(SCC(=O)N3CCN(c4ccccc4)CC3)n(Cc3ccco3)c(=O)c2c1C. The Morgan fingerprint density at radius 1 is 1.09 bits per heavy atom. The topological polar surface area (TPSA) is 72.8 Å². The van der Waals surface area contributed by atoms with E-state index in [0.717, 1.165) is 28.4 Å².